The summed E-state index contributed by atoms with van der Waals surface area (Å²) in [4.78, 5) is 14.1. The number of para-hydroxylation sites is 1. The monoisotopic (exact) mass is 272 g/mol. The summed E-state index contributed by atoms with van der Waals surface area (Å²) in [6.07, 6.45) is 3.73. The Morgan fingerprint density at radius 2 is 2.05 bits per heavy atom. The summed E-state index contributed by atoms with van der Waals surface area (Å²) in [5.74, 6) is 0.981. The molecule has 0 fully saturated rings. The Bertz CT molecular complexity index is 590. The van der Waals surface area contributed by atoms with Gasteiger partial charge in [-0.1, -0.05) is 18.2 Å². The highest BCUT2D eigenvalue weighted by atomic mass is 16.5. The lowest BCUT2D eigenvalue weighted by molar-refractivity contribution is 0.0942. The van der Waals surface area contributed by atoms with Gasteiger partial charge in [0.2, 0.25) is 0 Å². The van der Waals surface area contributed by atoms with Crippen molar-refractivity contribution in [2.24, 2.45) is 7.05 Å². The normalized spacial score (nSPS) is 10.8. The van der Waals surface area contributed by atoms with E-state index in [0.29, 0.717) is 13.1 Å². The van der Waals surface area contributed by atoms with Gasteiger partial charge in [-0.15, -0.1) is 0 Å². The number of rotatable bonds is 6. The molecule has 0 aliphatic heterocycles. The van der Waals surface area contributed by atoms with Crippen LogP contribution >= 0.6 is 0 Å². The molecule has 0 radical (unpaired) electrons. The summed E-state index contributed by atoms with van der Waals surface area (Å²) < 4.78 is 7.21. The van der Waals surface area contributed by atoms with Crippen LogP contribution in [-0.2, 0) is 13.6 Å². The third kappa shape index (κ3) is 3.48. The van der Waals surface area contributed by atoms with E-state index in [0.717, 1.165) is 16.9 Å². The second-order valence-electron chi connectivity index (χ2n) is 4.97. The zero-order valence-corrected chi connectivity index (χ0v) is 12.2. The molecule has 0 aliphatic rings. The maximum atomic E-state index is 12.1. The molecule has 0 saturated carbocycles. The second kappa shape index (κ2) is 6.39. The molecule has 0 amide bonds. The molecular formula is C16H20N2O2. The lowest BCUT2D eigenvalue weighted by atomic mass is 10.1. The number of carbonyl (C=O) groups excluding carboxylic acids is 1. The third-order valence-electron chi connectivity index (χ3n) is 3.20. The number of hydrogen-bond acceptors (Lipinski definition) is 3. The largest absolute Gasteiger partial charge is 0.496 e. The van der Waals surface area contributed by atoms with E-state index in [4.69, 9.17) is 4.74 Å². The summed E-state index contributed by atoms with van der Waals surface area (Å²) in [6, 6.07) is 9.71. The van der Waals surface area contributed by atoms with Gasteiger partial charge in [0.15, 0.2) is 5.78 Å². The van der Waals surface area contributed by atoms with E-state index in [-0.39, 0.29) is 5.78 Å². The van der Waals surface area contributed by atoms with Crippen LogP contribution in [0.2, 0.25) is 0 Å². The fourth-order valence-electron chi connectivity index (χ4n) is 2.18. The number of ether oxygens (including phenoxy) is 1. The number of aryl methyl sites for hydroxylation is 1. The molecule has 0 bridgehead atoms. The van der Waals surface area contributed by atoms with Gasteiger partial charge in [-0.25, -0.2) is 0 Å². The van der Waals surface area contributed by atoms with Gasteiger partial charge < -0.3 is 9.30 Å². The van der Waals surface area contributed by atoms with Gasteiger partial charge in [0.05, 0.1) is 13.7 Å². The van der Waals surface area contributed by atoms with Crippen molar-refractivity contribution >= 4 is 5.78 Å². The number of hydrogen-bond donors (Lipinski definition) is 0. The fourth-order valence-corrected chi connectivity index (χ4v) is 2.18. The van der Waals surface area contributed by atoms with Crippen LogP contribution in [0.4, 0.5) is 0 Å². The molecule has 20 heavy (non-hydrogen) atoms. The Morgan fingerprint density at radius 3 is 2.70 bits per heavy atom. The van der Waals surface area contributed by atoms with Gasteiger partial charge in [-0.05, 0) is 19.2 Å². The van der Waals surface area contributed by atoms with Crippen LogP contribution < -0.4 is 4.74 Å². The van der Waals surface area contributed by atoms with E-state index in [2.05, 4.69) is 0 Å². The lowest BCUT2D eigenvalue weighted by Crippen LogP contribution is -2.25. The third-order valence-corrected chi connectivity index (χ3v) is 3.20. The number of carbonyl (C=O) groups is 1. The summed E-state index contributed by atoms with van der Waals surface area (Å²) in [5.41, 5.74) is 1.83. The minimum Gasteiger partial charge on any atom is -0.496 e. The van der Waals surface area contributed by atoms with Crippen LogP contribution in [0.25, 0.3) is 0 Å². The first-order chi connectivity index (χ1) is 9.60. The quantitative estimate of drug-likeness (QED) is 0.757. The molecule has 2 rings (SSSR count). The molecule has 2 aromatic rings. The second-order valence-corrected chi connectivity index (χ2v) is 4.97. The van der Waals surface area contributed by atoms with E-state index in [1.54, 1.807) is 7.11 Å². The van der Waals surface area contributed by atoms with Crippen molar-refractivity contribution in [2.75, 3.05) is 20.7 Å². The van der Waals surface area contributed by atoms with Crippen molar-refractivity contribution in [3.8, 4) is 5.75 Å². The number of Topliss-reactive ketones (excluding diaryl/α,β-unsaturated/α-hetero) is 1. The Labute approximate surface area is 119 Å². The SMILES string of the molecule is COc1ccccc1CN(C)CC(=O)c1ccn(C)c1. The summed E-state index contributed by atoms with van der Waals surface area (Å²) in [6.45, 7) is 1.07. The molecule has 0 N–H and O–H groups in total. The molecule has 4 nitrogen and oxygen atoms in total. The Morgan fingerprint density at radius 1 is 1.30 bits per heavy atom. The van der Waals surface area contributed by atoms with E-state index in [1.807, 2.05) is 66.3 Å². The lowest BCUT2D eigenvalue weighted by Gasteiger charge is -2.17. The average Bonchev–Trinajstić information content (AvgIpc) is 2.86. The number of ketones is 1. The first kappa shape index (κ1) is 14.3. The smallest absolute Gasteiger partial charge is 0.178 e. The van der Waals surface area contributed by atoms with Crippen LogP contribution in [0.5, 0.6) is 5.75 Å². The first-order valence-corrected chi connectivity index (χ1v) is 6.55. The Kier molecular flexibility index (Phi) is 4.58. The summed E-state index contributed by atoms with van der Waals surface area (Å²) in [5, 5.41) is 0. The minimum absolute atomic E-state index is 0.128. The van der Waals surface area contributed by atoms with Crippen LogP contribution in [0.3, 0.4) is 0 Å². The van der Waals surface area contributed by atoms with Crippen LogP contribution in [0.1, 0.15) is 15.9 Å². The van der Waals surface area contributed by atoms with E-state index < -0.39 is 0 Å². The van der Waals surface area contributed by atoms with Crippen molar-refractivity contribution in [3.05, 3.63) is 53.9 Å². The van der Waals surface area contributed by atoms with Gasteiger partial charge in [0.1, 0.15) is 5.75 Å². The number of aromatic nitrogens is 1. The van der Waals surface area contributed by atoms with Crippen molar-refractivity contribution in [1.29, 1.82) is 0 Å². The number of nitrogens with zero attached hydrogens (tertiary/aromatic N) is 2. The molecule has 0 aliphatic carbocycles. The van der Waals surface area contributed by atoms with Gasteiger partial charge in [0.25, 0.3) is 0 Å². The molecule has 1 heterocycles. The Balaban J connectivity index is 1.98. The van der Waals surface area contributed by atoms with Crippen LogP contribution in [-0.4, -0.2) is 36.0 Å². The zero-order chi connectivity index (χ0) is 14.5. The maximum Gasteiger partial charge on any atom is 0.178 e. The van der Waals surface area contributed by atoms with E-state index in [9.17, 15) is 4.79 Å². The molecule has 0 saturated heterocycles. The molecule has 0 spiro atoms. The van der Waals surface area contributed by atoms with E-state index in [1.165, 1.54) is 0 Å². The number of methoxy groups -OCH3 is 1. The molecular weight excluding hydrogens is 252 g/mol. The number of likely N-dealkylation sites (N-methyl/N-ethyl adjacent to an activating group) is 1. The highest BCUT2D eigenvalue weighted by Crippen LogP contribution is 2.18. The average molecular weight is 272 g/mol. The summed E-state index contributed by atoms with van der Waals surface area (Å²) >= 11 is 0. The van der Waals surface area contributed by atoms with Crippen LogP contribution in [0.15, 0.2) is 42.7 Å². The summed E-state index contributed by atoms with van der Waals surface area (Å²) in [7, 11) is 5.51. The zero-order valence-electron chi connectivity index (χ0n) is 12.2. The molecule has 0 atom stereocenters. The van der Waals surface area contributed by atoms with Gasteiger partial charge >= 0.3 is 0 Å². The standard InChI is InChI=1S/C16H20N2O2/c1-17-9-8-13(10-17)15(19)12-18(2)11-14-6-4-5-7-16(14)20-3/h4-10H,11-12H2,1-3H3. The fraction of sp³-hybridized carbons (Fsp3) is 0.312. The topological polar surface area (TPSA) is 34.5 Å². The van der Waals surface area contributed by atoms with Crippen LogP contribution in [0, 0.1) is 0 Å². The maximum absolute atomic E-state index is 12.1. The Hall–Kier alpha value is -2.07. The van der Waals surface area contributed by atoms with Gasteiger partial charge in [-0.3, -0.25) is 9.69 Å². The van der Waals surface area contributed by atoms with Crippen molar-refractivity contribution < 1.29 is 9.53 Å². The predicted octanol–water partition coefficient (Wildman–Crippen LogP) is 2.35. The first-order valence-electron chi connectivity index (χ1n) is 6.55. The molecule has 1 aromatic carbocycles. The number of benzene rings is 1. The molecule has 4 heteroatoms. The minimum atomic E-state index is 0.128. The van der Waals surface area contributed by atoms with Gasteiger partial charge in [-0.2, -0.15) is 0 Å². The highest BCUT2D eigenvalue weighted by molar-refractivity contribution is 5.97. The van der Waals surface area contributed by atoms with Crippen molar-refractivity contribution in [1.82, 2.24) is 9.47 Å². The molecule has 106 valence electrons. The molecule has 0 unspecified atom stereocenters. The van der Waals surface area contributed by atoms with Gasteiger partial charge in [0, 0.05) is 37.1 Å². The molecule has 1 aromatic heterocycles. The van der Waals surface area contributed by atoms with Crippen molar-refractivity contribution in [3.63, 3.8) is 0 Å². The predicted molar refractivity (Wildman–Crippen MR) is 79.1 cm³/mol. The highest BCUT2D eigenvalue weighted by Gasteiger charge is 2.12. The van der Waals surface area contributed by atoms with E-state index >= 15 is 0 Å². The van der Waals surface area contributed by atoms with Crippen molar-refractivity contribution in [2.45, 2.75) is 6.54 Å².